The van der Waals surface area contributed by atoms with Gasteiger partial charge in [-0.2, -0.15) is 0 Å². The Labute approximate surface area is 130 Å². The molecule has 0 unspecified atom stereocenters. The quantitative estimate of drug-likeness (QED) is 0.780. The molecule has 0 aliphatic heterocycles. The lowest BCUT2D eigenvalue weighted by atomic mass is 10.2. The number of aliphatic hydroxyl groups excluding tert-OH is 1. The fourth-order valence-electron chi connectivity index (χ4n) is 2.08. The molecule has 0 bridgehead atoms. The molecule has 1 N–H and O–H groups in total. The number of ether oxygens (including phenoxy) is 1. The first-order chi connectivity index (χ1) is 10.2. The highest BCUT2D eigenvalue weighted by Crippen LogP contribution is 2.30. The molecule has 0 saturated carbocycles. The van der Waals surface area contributed by atoms with Gasteiger partial charge in [0, 0.05) is 27.3 Å². The lowest BCUT2D eigenvalue weighted by Gasteiger charge is -2.11. The summed E-state index contributed by atoms with van der Waals surface area (Å²) in [7, 11) is 0. The minimum Gasteiger partial charge on any atom is -0.436 e. The lowest BCUT2D eigenvalue weighted by Crippen LogP contribution is -1.96. The van der Waals surface area contributed by atoms with Crippen molar-refractivity contribution in [3.8, 4) is 11.6 Å². The Morgan fingerprint density at radius 2 is 2.10 bits per heavy atom. The molecule has 0 saturated heterocycles. The predicted octanol–water partition coefficient (Wildman–Crippen LogP) is 3.99. The van der Waals surface area contributed by atoms with Crippen molar-refractivity contribution < 1.29 is 9.84 Å². The van der Waals surface area contributed by atoms with Crippen LogP contribution in [0.15, 0.2) is 47.1 Å². The summed E-state index contributed by atoms with van der Waals surface area (Å²) in [6.07, 6.45) is 1.64. The number of aryl methyl sites for hydroxylation is 1. The van der Waals surface area contributed by atoms with E-state index in [1.54, 1.807) is 12.3 Å². The molecule has 5 heteroatoms. The summed E-state index contributed by atoms with van der Waals surface area (Å²) in [6.45, 7) is 1.80. The fourth-order valence-corrected chi connectivity index (χ4v) is 2.46. The van der Waals surface area contributed by atoms with Gasteiger partial charge >= 0.3 is 0 Å². The summed E-state index contributed by atoms with van der Waals surface area (Å²) < 4.78 is 6.67. The maximum atomic E-state index is 9.42. The zero-order valence-electron chi connectivity index (χ0n) is 11.4. The Morgan fingerprint density at radius 1 is 1.24 bits per heavy atom. The van der Waals surface area contributed by atoms with Crippen molar-refractivity contribution >= 4 is 26.8 Å². The van der Waals surface area contributed by atoms with E-state index in [1.165, 1.54) is 0 Å². The van der Waals surface area contributed by atoms with Gasteiger partial charge in [-0.25, -0.2) is 9.97 Å². The zero-order valence-corrected chi connectivity index (χ0v) is 13.0. The molecule has 3 aromatic rings. The van der Waals surface area contributed by atoms with Crippen molar-refractivity contribution in [3.05, 3.63) is 58.3 Å². The first-order valence-corrected chi connectivity index (χ1v) is 7.26. The average Bonchev–Trinajstić information content (AvgIpc) is 2.49. The third kappa shape index (κ3) is 2.89. The van der Waals surface area contributed by atoms with Gasteiger partial charge in [-0.1, -0.05) is 18.2 Å². The van der Waals surface area contributed by atoms with Crippen molar-refractivity contribution in [1.29, 1.82) is 0 Å². The fraction of sp³-hybridized carbons (Fsp3) is 0.125. The van der Waals surface area contributed by atoms with Crippen molar-refractivity contribution in [2.45, 2.75) is 13.5 Å². The van der Waals surface area contributed by atoms with E-state index >= 15 is 0 Å². The summed E-state index contributed by atoms with van der Waals surface area (Å²) in [5.74, 6) is 1.01. The van der Waals surface area contributed by atoms with Gasteiger partial charge in [-0.05, 0) is 41.1 Å². The van der Waals surface area contributed by atoms with Crippen molar-refractivity contribution in [3.63, 3.8) is 0 Å². The summed E-state index contributed by atoms with van der Waals surface area (Å²) in [6, 6.07) is 11.5. The molecule has 0 atom stereocenters. The summed E-state index contributed by atoms with van der Waals surface area (Å²) in [5, 5.41) is 10.4. The van der Waals surface area contributed by atoms with Crippen LogP contribution in [0.5, 0.6) is 11.6 Å². The monoisotopic (exact) mass is 344 g/mol. The summed E-state index contributed by atoms with van der Waals surface area (Å²) in [5.41, 5.74) is 2.32. The van der Waals surface area contributed by atoms with Gasteiger partial charge in [0.2, 0.25) is 5.88 Å². The second-order valence-electron chi connectivity index (χ2n) is 4.66. The Morgan fingerprint density at radius 3 is 2.90 bits per heavy atom. The maximum absolute atomic E-state index is 9.42. The molecular weight excluding hydrogens is 332 g/mol. The Balaban J connectivity index is 2.08. The normalized spacial score (nSPS) is 10.8. The molecule has 2 heterocycles. The van der Waals surface area contributed by atoms with Crippen molar-refractivity contribution in [2.24, 2.45) is 0 Å². The average molecular weight is 345 g/mol. The Kier molecular flexibility index (Phi) is 3.86. The number of halogens is 1. The smallest absolute Gasteiger partial charge is 0.224 e. The second-order valence-corrected chi connectivity index (χ2v) is 5.57. The number of aliphatic hydroxyl groups is 1. The molecule has 0 fully saturated rings. The molecule has 0 radical (unpaired) electrons. The minimum absolute atomic E-state index is 0.140. The molecule has 0 spiro atoms. The minimum atomic E-state index is -0.140. The molecule has 0 aliphatic carbocycles. The molecule has 0 aliphatic rings. The van der Waals surface area contributed by atoms with Gasteiger partial charge < -0.3 is 9.84 Å². The van der Waals surface area contributed by atoms with Gasteiger partial charge in [-0.15, -0.1) is 0 Å². The number of nitrogens with zero attached hydrogens (tertiary/aromatic N) is 2. The Bertz CT molecular complexity index is 805. The SMILES string of the molecule is Cc1ccc2cccc(Oc3ncc(Br)cc3CO)c2n1. The van der Waals surface area contributed by atoms with Crippen LogP contribution in [0.4, 0.5) is 0 Å². The van der Waals surface area contributed by atoms with Crippen LogP contribution in [0.25, 0.3) is 10.9 Å². The topological polar surface area (TPSA) is 55.2 Å². The van der Waals surface area contributed by atoms with Gasteiger partial charge in [0.1, 0.15) is 5.52 Å². The Hall–Kier alpha value is -1.98. The molecule has 21 heavy (non-hydrogen) atoms. The van der Waals surface area contributed by atoms with Crippen LogP contribution in [0.2, 0.25) is 0 Å². The molecular formula is C16H13BrN2O2. The van der Waals surface area contributed by atoms with Crippen LogP contribution in [-0.2, 0) is 6.61 Å². The molecule has 0 amide bonds. The van der Waals surface area contributed by atoms with E-state index in [9.17, 15) is 5.11 Å². The summed E-state index contributed by atoms with van der Waals surface area (Å²) >= 11 is 3.33. The number of rotatable bonds is 3. The zero-order chi connectivity index (χ0) is 14.8. The molecule has 1 aromatic carbocycles. The van der Waals surface area contributed by atoms with Crippen LogP contribution in [0.1, 0.15) is 11.3 Å². The maximum Gasteiger partial charge on any atom is 0.224 e. The lowest BCUT2D eigenvalue weighted by molar-refractivity contribution is 0.275. The third-order valence-corrected chi connectivity index (χ3v) is 3.53. The van der Waals surface area contributed by atoms with Crippen LogP contribution < -0.4 is 4.74 Å². The number of hydrogen-bond donors (Lipinski definition) is 1. The van der Waals surface area contributed by atoms with E-state index in [-0.39, 0.29) is 6.61 Å². The largest absolute Gasteiger partial charge is 0.436 e. The highest BCUT2D eigenvalue weighted by atomic mass is 79.9. The second kappa shape index (κ2) is 5.79. The number of fused-ring (bicyclic) bond motifs is 1. The summed E-state index contributed by atoms with van der Waals surface area (Å²) in [4.78, 5) is 8.74. The molecule has 3 rings (SSSR count). The van der Waals surface area contributed by atoms with Crippen LogP contribution >= 0.6 is 15.9 Å². The first kappa shape index (κ1) is 14.0. The van der Waals surface area contributed by atoms with E-state index in [0.717, 1.165) is 21.1 Å². The van der Waals surface area contributed by atoms with E-state index in [0.29, 0.717) is 17.2 Å². The van der Waals surface area contributed by atoms with E-state index in [1.807, 2.05) is 37.3 Å². The van der Waals surface area contributed by atoms with Gasteiger partial charge in [0.05, 0.1) is 6.61 Å². The van der Waals surface area contributed by atoms with Crippen LogP contribution in [-0.4, -0.2) is 15.1 Å². The number of hydrogen-bond acceptors (Lipinski definition) is 4. The van der Waals surface area contributed by atoms with Gasteiger partial charge in [0.25, 0.3) is 0 Å². The molecule has 106 valence electrons. The van der Waals surface area contributed by atoms with Crippen LogP contribution in [0, 0.1) is 6.92 Å². The predicted molar refractivity (Wildman–Crippen MR) is 84.4 cm³/mol. The van der Waals surface area contributed by atoms with Crippen LogP contribution in [0.3, 0.4) is 0 Å². The number of para-hydroxylation sites is 1. The van der Waals surface area contributed by atoms with Gasteiger partial charge in [0.15, 0.2) is 5.75 Å². The van der Waals surface area contributed by atoms with Crippen molar-refractivity contribution in [2.75, 3.05) is 0 Å². The first-order valence-electron chi connectivity index (χ1n) is 6.47. The molecule has 4 nitrogen and oxygen atoms in total. The highest BCUT2D eigenvalue weighted by Gasteiger charge is 2.10. The van der Waals surface area contributed by atoms with Gasteiger partial charge in [-0.3, -0.25) is 0 Å². The highest BCUT2D eigenvalue weighted by molar-refractivity contribution is 9.10. The third-order valence-electron chi connectivity index (χ3n) is 3.09. The standard InChI is InChI=1S/C16H13BrN2O2/c1-10-5-6-11-3-2-4-14(15(11)19-10)21-16-12(9-20)7-13(17)8-18-16/h2-8,20H,9H2,1H3. The number of pyridine rings is 2. The van der Waals surface area contributed by atoms with Crippen molar-refractivity contribution in [1.82, 2.24) is 9.97 Å². The molecule has 2 aromatic heterocycles. The number of benzene rings is 1. The van der Waals surface area contributed by atoms with E-state index < -0.39 is 0 Å². The van der Waals surface area contributed by atoms with E-state index in [4.69, 9.17) is 4.74 Å². The number of aromatic nitrogens is 2. The van der Waals surface area contributed by atoms with E-state index in [2.05, 4.69) is 25.9 Å².